The Morgan fingerprint density at radius 1 is 0.346 bits per heavy atom. The molecule has 0 aliphatic carbocycles. The van der Waals surface area contributed by atoms with Gasteiger partial charge in [-0.3, -0.25) is 14.4 Å². The molecule has 6 aromatic carbocycles. The number of amides is 3. The van der Waals surface area contributed by atoms with E-state index in [1.807, 2.05) is 101 Å². The molecule has 27 nitrogen and oxygen atoms in total. The molecule has 3 aliphatic heterocycles. The van der Waals surface area contributed by atoms with Crippen molar-refractivity contribution in [2.24, 2.45) is 0 Å². The van der Waals surface area contributed by atoms with Crippen LogP contribution in [0.3, 0.4) is 0 Å². The first-order chi connectivity index (χ1) is 52.2. The van der Waals surface area contributed by atoms with Crippen molar-refractivity contribution in [1.82, 2.24) is 83.9 Å². The van der Waals surface area contributed by atoms with Crippen LogP contribution in [-0.4, -0.2) is 209 Å². The highest BCUT2D eigenvalue weighted by Gasteiger charge is 2.29. The first-order valence-electron chi connectivity index (χ1n) is 34.4. The number of nitrogens with zero attached hydrogens (tertiary/aromatic N) is 20. The molecule has 0 N–H and O–H groups in total. The largest absolute Gasteiger partial charge is 0.497 e. The maximum absolute atomic E-state index is 13.6. The zero-order valence-electron chi connectivity index (χ0n) is 59.1. The SMILES string of the molecule is COc1ccc(-c2nc(-c3ccc(F)cc3)n(CC(=O)N3CCN(c4cc(OC)ncn4)CC3)n2)cc1.COc1ccc(-c2nc(-c3ccc(F)cc3)n(CC(=O)N3CCN(c4ccccn4)CC3)n2)cc1.COc1ccc(-c2nc(-c3ccc(F)cc3)n(CC(=O)N3CCN(c4ncccn4)CC3)n2)cc1. The minimum Gasteiger partial charge on any atom is -0.497 e. The quantitative estimate of drug-likeness (QED) is 0.0729. The highest BCUT2D eigenvalue weighted by atomic mass is 19.1. The third kappa shape index (κ3) is 17.9. The van der Waals surface area contributed by atoms with Gasteiger partial charge < -0.3 is 48.3 Å². The summed E-state index contributed by atoms with van der Waals surface area (Å²) < 4.78 is 66.3. The lowest BCUT2D eigenvalue weighted by Gasteiger charge is -2.35. The van der Waals surface area contributed by atoms with E-state index in [9.17, 15) is 27.6 Å². The fraction of sp³-hybridized carbons (Fsp3) is 0.247. The second-order valence-corrected chi connectivity index (χ2v) is 24.7. The topological polar surface area (TPSA) is 264 Å². The Labute approximate surface area is 614 Å². The van der Waals surface area contributed by atoms with Crippen LogP contribution in [0.4, 0.5) is 30.8 Å². The number of halogens is 3. The minimum absolute atomic E-state index is 0.0111. The van der Waals surface area contributed by atoms with Gasteiger partial charge >= 0.3 is 0 Å². The third-order valence-corrected chi connectivity index (χ3v) is 18.1. The number of carbonyl (C=O) groups excluding carboxylic acids is 3. The molecule has 0 unspecified atom stereocenters. The van der Waals surface area contributed by atoms with Crippen molar-refractivity contribution in [2.45, 2.75) is 19.6 Å². The average Bonchev–Trinajstić information content (AvgIpc) is 1.68. The van der Waals surface area contributed by atoms with E-state index in [1.54, 1.807) is 115 Å². The maximum Gasteiger partial charge on any atom is 0.244 e. The summed E-state index contributed by atoms with van der Waals surface area (Å²) in [6.07, 6.45) is 6.66. The molecule has 9 heterocycles. The van der Waals surface area contributed by atoms with E-state index >= 15 is 0 Å². The molecule has 3 fully saturated rings. The van der Waals surface area contributed by atoms with Gasteiger partial charge in [-0.1, -0.05) is 6.07 Å². The van der Waals surface area contributed by atoms with Crippen LogP contribution in [-0.2, 0) is 34.0 Å². The molecule has 0 atom stereocenters. The standard InChI is InChI=1S/C26H26FN7O3.C26H25FN6O2.C25H24FN7O2/c1-36-21-9-5-18(6-10-21)25-30-26(19-3-7-20(27)8-4-19)34(31-25)16-24(35)33-13-11-32(12-14-33)22-15-23(37-2)29-17-28-22;1-35-22-11-7-19(8-12-22)25-29-26(20-5-9-21(27)10-6-20)33(30-25)18-24(34)32-16-14-31(15-17-32)23-4-2-3-13-28-23;1-35-21-9-5-18(6-10-21)23-29-24(19-3-7-20(26)8-4-19)33(30-23)17-22(34)31-13-15-32(16-14-31)25-27-11-2-12-28-25/h3-10,15,17H,11-14,16H2,1-2H3;2-13H,14-18H2,1H3;2-12H,13-17H2,1H3. The lowest BCUT2D eigenvalue weighted by atomic mass is 10.2. The number of methoxy groups -OCH3 is 4. The predicted octanol–water partition coefficient (Wildman–Crippen LogP) is 9.31. The third-order valence-electron chi connectivity index (χ3n) is 18.1. The molecule has 12 aromatic rings. The Bertz CT molecular complexity index is 4720. The molecule has 546 valence electrons. The lowest BCUT2D eigenvalue weighted by molar-refractivity contribution is -0.133. The van der Waals surface area contributed by atoms with Gasteiger partial charge in [-0.05, 0) is 164 Å². The van der Waals surface area contributed by atoms with Crippen molar-refractivity contribution in [2.75, 3.05) is 122 Å². The number of aromatic nitrogens is 14. The molecule has 0 saturated carbocycles. The van der Waals surface area contributed by atoms with Crippen LogP contribution in [0.25, 0.3) is 68.3 Å². The fourth-order valence-corrected chi connectivity index (χ4v) is 12.2. The zero-order chi connectivity index (χ0) is 74.2. The number of hydrogen-bond donors (Lipinski definition) is 0. The maximum atomic E-state index is 13.6. The van der Waals surface area contributed by atoms with Crippen molar-refractivity contribution in [3.05, 3.63) is 218 Å². The highest BCUT2D eigenvalue weighted by molar-refractivity contribution is 5.79. The summed E-state index contributed by atoms with van der Waals surface area (Å²) in [4.78, 5) is 86.8. The van der Waals surface area contributed by atoms with E-state index < -0.39 is 0 Å². The number of rotatable bonds is 19. The van der Waals surface area contributed by atoms with E-state index in [2.05, 4.69) is 69.9 Å². The van der Waals surface area contributed by atoms with Gasteiger partial charge in [-0.15, -0.1) is 15.3 Å². The molecule has 3 aliphatic rings. The van der Waals surface area contributed by atoms with Crippen LogP contribution < -0.4 is 33.6 Å². The molecule has 107 heavy (non-hydrogen) atoms. The van der Waals surface area contributed by atoms with Gasteiger partial charge in [0.25, 0.3) is 0 Å². The summed E-state index contributed by atoms with van der Waals surface area (Å²) in [5.41, 5.74) is 4.40. The molecule has 0 bridgehead atoms. The molecule has 3 saturated heterocycles. The van der Waals surface area contributed by atoms with Gasteiger partial charge in [0.15, 0.2) is 34.9 Å². The molecule has 30 heteroatoms. The van der Waals surface area contributed by atoms with Crippen LogP contribution in [0.1, 0.15) is 0 Å². The predicted molar refractivity (Wildman–Crippen MR) is 393 cm³/mol. The van der Waals surface area contributed by atoms with Gasteiger partial charge in [0, 0.05) is 137 Å². The van der Waals surface area contributed by atoms with Crippen molar-refractivity contribution < 1.29 is 46.5 Å². The number of carbonyl (C=O) groups is 3. The molecule has 0 radical (unpaired) electrons. The molecule has 0 spiro atoms. The van der Waals surface area contributed by atoms with E-state index in [0.717, 1.165) is 45.6 Å². The Kier molecular flexibility index (Phi) is 22.9. The van der Waals surface area contributed by atoms with Gasteiger partial charge in [0.1, 0.15) is 72.3 Å². The van der Waals surface area contributed by atoms with E-state index in [-0.39, 0.29) is 54.8 Å². The fourth-order valence-electron chi connectivity index (χ4n) is 12.2. The average molecular weight is 1450 g/mol. The number of ether oxygens (including phenoxy) is 4. The summed E-state index contributed by atoms with van der Waals surface area (Å²) in [6, 6.07) is 49.6. The summed E-state index contributed by atoms with van der Waals surface area (Å²) in [6.45, 7) is 7.45. The Hall–Kier alpha value is -13.2. The second kappa shape index (κ2) is 34.0. The molecule has 15 rings (SSSR count). The van der Waals surface area contributed by atoms with Gasteiger partial charge in [0.05, 0.1) is 28.4 Å². The van der Waals surface area contributed by atoms with Crippen LogP contribution in [0.5, 0.6) is 23.1 Å². The minimum atomic E-state index is -0.347. The number of pyridine rings is 1. The zero-order valence-corrected chi connectivity index (χ0v) is 59.1. The van der Waals surface area contributed by atoms with Crippen LogP contribution in [0, 0.1) is 17.5 Å². The highest BCUT2D eigenvalue weighted by Crippen LogP contribution is 2.30. The summed E-state index contributed by atoms with van der Waals surface area (Å²) >= 11 is 0. The van der Waals surface area contributed by atoms with Gasteiger partial charge in [0.2, 0.25) is 29.5 Å². The summed E-state index contributed by atoms with van der Waals surface area (Å²) in [7, 11) is 6.38. The second-order valence-electron chi connectivity index (χ2n) is 24.7. The number of anilines is 3. The van der Waals surface area contributed by atoms with Gasteiger partial charge in [-0.25, -0.2) is 67.1 Å². The number of benzene rings is 6. The van der Waals surface area contributed by atoms with Gasteiger partial charge in [-0.2, -0.15) is 0 Å². The first kappa shape index (κ1) is 72.2. The van der Waals surface area contributed by atoms with Crippen molar-refractivity contribution >= 4 is 35.3 Å². The van der Waals surface area contributed by atoms with E-state index in [1.165, 1.54) is 42.7 Å². The van der Waals surface area contributed by atoms with Crippen molar-refractivity contribution in [3.8, 4) is 91.5 Å². The normalized spacial score (nSPS) is 13.6. The van der Waals surface area contributed by atoms with Crippen molar-refractivity contribution in [3.63, 3.8) is 0 Å². The number of piperazine rings is 3. The van der Waals surface area contributed by atoms with E-state index in [4.69, 9.17) is 18.9 Å². The lowest BCUT2D eigenvalue weighted by Crippen LogP contribution is -2.50. The first-order valence-corrected chi connectivity index (χ1v) is 34.4. The monoisotopic (exact) mass is 1450 g/mol. The van der Waals surface area contributed by atoms with Crippen molar-refractivity contribution in [1.29, 1.82) is 0 Å². The van der Waals surface area contributed by atoms with Crippen LogP contribution in [0.15, 0.2) is 201 Å². The number of hydrogen-bond acceptors (Lipinski definition) is 21. The Morgan fingerprint density at radius 2 is 0.682 bits per heavy atom. The molecule has 6 aromatic heterocycles. The molecule has 3 amide bonds. The molecular weight excluding hydrogens is 1370 g/mol. The summed E-state index contributed by atoms with van der Waals surface area (Å²) in [5.74, 6) is 6.74. The van der Waals surface area contributed by atoms with Crippen LogP contribution >= 0.6 is 0 Å². The van der Waals surface area contributed by atoms with Crippen LogP contribution in [0.2, 0.25) is 0 Å². The van der Waals surface area contributed by atoms with E-state index in [0.29, 0.717) is 142 Å². The Balaban J connectivity index is 0.000000142. The summed E-state index contributed by atoms with van der Waals surface area (Å²) in [5, 5.41) is 13.9. The Morgan fingerprint density at radius 3 is 1.02 bits per heavy atom. The smallest absolute Gasteiger partial charge is 0.244 e. The molecular formula is C77H75F3N20O7.